The lowest BCUT2D eigenvalue weighted by molar-refractivity contribution is 0.474. The molecule has 1 aromatic heterocycles. The highest BCUT2D eigenvalue weighted by Crippen LogP contribution is 2.27. The summed E-state index contributed by atoms with van der Waals surface area (Å²) in [5.41, 5.74) is 2.05. The van der Waals surface area contributed by atoms with E-state index in [0.29, 0.717) is 6.54 Å². The Labute approximate surface area is 122 Å². The fourth-order valence-corrected chi connectivity index (χ4v) is 2.48. The second kappa shape index (κ2) is 5.54. The van der Waals surface area contributed by atoms with Gasteiger partial charge in [0.15, 0.2) is 0 Å². The second-order valence-corrected chi connectivity index (χ2v) is 5.06. The minimum Gasteiger partial charge on any atom is -0.508 e. The first-order valence-electron chi connectivity index (χ1n) is 6.54. The van der Waals surface area contributed by atoms with Crippen LogP contribution in [0.2, 0.25) is 5.28 Å². The molecule has 0 unspecified atom stereocenters. The Morgan fingerprint density at radius 3 is 3.10 bits per heavy atom. The molecule has 3 N–H and O–H groups in total. The summed E-state index contributed by atoms with van der Waals surface area (Å²) < 4.78 is 0. The highest BCUT2D eigenvalue weighted by atomic mass is 35.5. The summed E-state index contributed by atoms with van der Waals surface area (Å²) in [6.07, 6.45) is 1.99. The zero-order valence-corrected chi connectivity index (χ0v) is 11.6. The first kappa shape index (κ1) is 13.0. The van der Waals surface area contributed by atoms with Gasteiger partial charge in [0, 0.05) is 18.7 Å². The van der Waals surface area contributed by atoms with Gasteiger partial charge in [0.25, 0.3) is 0 Å². The molecule has 104 valence electrons. The van der Waals surface area contributed by atoms with Crippen molar-refractivity contribution in [2.24, 2.45) is 0 Å². The van der Waals surface area contributed by atoms with Gasteiger partial charge in [0.2, 0.25) is 5.28 Å². The lowest BCUT2D eigenvalue weighted by atomic mass is 10.1. The summed E-state index contributed by atoms with van der Waals surface area (Å²) in [6.45, 7) is 1.49. The van der Waals surface area contributed by atoms with Crippen molar-refractivity contribution >= 4 is 23.2 Å². The van der Waals surface area contributed by atoms with E-state index in [4.69, 9.17) is 11.6 Å². The number of nitrogens with one attached hydrogen (secondary N) is 2. The molecule has 0 fully saturated rings. The van der Waals surface area contributed by atoms with Crippen molar-refractivity contribution in [2.75, 3.05) is 17.2 Å². The Morgan fingerprint density at radius 2 is 2.25 bits per heavy atom. The van der Waals surface area contributed by atoms with Gasteiger partial charge in [-0.2, -0.15) is 0 Å². The minimum absolute atomic E-state index is 0.233. The average molecular weight is 291 g/mol. The number of rotatable bonds is 3. The highest BCUT2D eigenvalue weighted by molar-refractivity contribution is 6.28. The van der Waals surface area contributed by atoms with Gasteiger partial charge >= 0.3 is 0 Å². The number of benzene rings is 1. The van der Waals surface area contributed by atoms with Crippen LogP contribution >= 0.6 is 11.6 Å². The van der Waals surface area contributed by atoms with E-state index in [-0.39, 0.29) is 11.0 Å². The van der Waals surface area contributed by atoms with Gasteiger partial charge in [-0.1, -0.05) is 12.1 Å². The number of phenols is 1. The van der Waals surface area contributed by atoms with Crippen LogP contribution in [0.15, 0.2) is 24.3 Å². The van der Waals surface area contributed by atoms with Crippen molar-refractivity contribution in [3.8, 4) is 5.75 Å². The Bertz CT molecular complexity index is 633. The molecule has 0 atom stereocenters. The fourth-order valence-electron chi connectivity index (χ4n) is 2.31. The third-order valence-corrected chi connectivity index (χ3v) is 3.42. The van der Waals surface area contributed by atoms with Gasteiger partial charge < -0.3 is 15.7 Å². The first-order chi connectivity index (χ1) is 9.72. The Hall–Kier alpha value is -2.01. The maximum Gasteiger partial charge on any atom is 0.226 e. The number of aromatic nitrogens is 2. The van der Waals surface area contributed by atoms with Crippen molar-refractivity contribution in [1.29, 1.82) is 0 Å². The average Bonchev–Trinajstić information content (AvgIpc) is 2.44. The summed E-state index contributed by atoms with van der Waals surface area (Å²) in [5.74, 6) is 1.83. The molecule has 0 spiro atoms. The van der Waals surface area contributed by atoms with Gasteiger partial charge in [-0.15, -0.1) is 0 Å². The Kier molecular flexibility index (Phi) is 3.60. The topological polar surface area (TPSA) is 70.1 Å². The van der Waals surface area contributed by atoms with Crippen molar-refractivity contribution in [2.45, 2.75) is 19.4 Å². The zero-order chi connectivity index (χ0) is 13.9. The standard InChI is InChI=1S/C14H15ClN4O/c15-14-18-12-11(5-2-6-16-12)13(19-14)17-8-9-3-1-4-10(20)7-9/h1,3-4,7,20H,2,5-6,8H2,(H2,16,17,18,19). The molecule has 6 heteroatoms. The predicted octanol–water partition coefficient (Wildman–Crippen LogP) is 2.81. The number of hydrogen-bond acceptors (Lipinski definition) is 5. The number of halogens is 1. The molecule has 1 aliphatic heterocycles. The molecule has 2 heterocycles. The van der Waals surface area contributed by atoms with E-state index in [1.54, 1.807) is 12.1 Å². The van der Waals surface area contributed by atoms with Crippen LogP contribution in [0.3, 0.4) is 0 Å². The van der Waals surface area contributed by atoms with Crippen LogP contribution in [0.5, 0.6) is 5.75 Å². The third-order valence-electron chi connectivity index (χ3n) is 3.25. The van der Waals surface area contributed by atoms with Crippen LogP contribution in [0, 0.1) is 0 Å². The summed E-state index contributed by atoms with van der Waals surface area (Å²) in [4.78, 5) is 8.47. The van der Waals surface area contributed by atoms with E-state index >= 15 is 0 Å². The van der Waals surface area contributed by atoms with Crippen LogP contribution in [0.4, 0.5) is 11.6 Å². The third kappa shape index (κ3) is 2.77. The molecule has 0 saturated carbocycles. The summed E-state index contributed by atoms with van der Waals surface area (Å²) in [6, 6.07) is 7.13. The number of hydrogen-bond donors (Lipinski definition) is 3. The fraction of sp³-hybridized carbons (Fsp3) is 0.286. The summed E-state index contributed by atoms with van der Waals surface area (Å²) >= 11 is 5.95. The predicted molar refractivity (Wildman–Crippen MR) is 79.3 cm³/mol. The number of fused-ring (bicyclic) bond motifs is 1. The molecule has 0 bridgehead atoms. The molecule has 2 aromatic rings. The van der Waals surface area contributed by atoms with Gasteiger partial charge in [0.05, 0.1) is 0 Å². The second-order valence-electron chi connectivity index (χ2n) is 4.72. The van der Waals surface area contributed by atoms with Crippen LogP contribution in [0.1, 0.15) is 17.5 Å². The van der Waals surface area contributed by atoms with E-state index in [1.807, 2.05) is 12.1 Å². The number of aromatic hydroxyl groups is 1. The Balaban J connectivity index is 1.82. The summed E-state index contributed by atoms with van der Waals surface area (Å²) in [7, 11) is 0. The molecule has 5 nitrogen and oxygen atoms in total. The SMILES string of the molecule is Oc1cccc(CNc2nc(Cl)nc3c2CCCN3)c1. The van der Waals surface area contributed by atoms with Gasteiger partial charge in [-0.25, -0.2) is 9.97 Å². The van der Waals surface area contributed by atoms with E-state index in [2.05, 4.69) is 20.6 Å². The lowest BCUT2D eigenvalue weighted by Gasteiger charge is -2.20. The quantitative estimate of drug-likeness (QED) is 0.758. The molecule has 20 heavy (non-hydrogen) atoms. The van der Waals surface area contributed by atoms with Gasteiger partial charge in [-0.3, -0.25) is 0 Å². The van der Waals surface area contributed by atoms with E-state index in [0.717, 1.165) is 42.1 Å². The molecule has 0 amide bonds. The molecule has 3 rings (SSSR count). The van der Waals surface area contributed by atoms with Crippen molar-refractivity contribution < 1.29 is 5.11 Å². The van der Waals surface area contributed by atoms with Crippen molar-refractivity contribution in [1.82, 2.24) is 9.97 Å². The van der Waals surface area contributed by atoms with Gasteiger partial charge in [-0.05, 0) is 42.1 Å². The largest absolute Gasteiger partial charge is 0.508 e. The highest BCUT2D eigenvalue weighted by Gasteiger charge is 2.16. The molecule has 1 aromatic carbocycles. The minimum atomic E-state index is 0.233. The van der Waals surface area contributed by atoms with E-state index in [1.165, 1.54) is 0 Å². The maximum absolute atomic E-state index is 9.46. The van der Waals surface area contributed by atoms with Crippen LogP contribution < -0.4 is 10.6 Å². The molecule has 0 radical (unpaired) electrons. The monoisotopic (exact) mass is 290 g/mol. The number of nitrogens with zero attached hydrogens (tertiary/aromatic N) is 2. The number of anilines is 2. The molecular weight excluding hydrogens is 276 g/mol. The molecule has 1 aliphatic rings. The van der Waals surface area contributed by atoms with Crippen LogP contribution in [-0.2, 0) is 13.0 Å². The Morgan fingerprint density at radius 1 is 1.35 bits per heavy atom. The van der Waals surface area contributed by atoms with Crippen molar-refractivity contribution in [3.63, 3.8) is 0 Å². The van der Waals surface area contributed by atoms with Gasteiger partial charge in [0.1, 0.15) is 17.4 Å². The first-order valence-corrected chi connectivity index (χ1v) is 6.92. The lowest BCUT2D eigenvalue weighted by Crippen LogP contribution is -2.17. The maximum atomic E-state index is 9.46. The van der Waals surface area contributed by atoms with E-state index in [9.17, 15) is 5.11 Å². The number of phenolic OH excluding ortho intramolecular Hbond substituents is 1. The molecular formula is C14H15ClN4O. The van der Waals surface area contributed by atoms with Crippen LogP contribution in [-0.4, -0.2) is 21.6 Å². The van der Waals surface area contributed by atoms with E-state index < -0.39 is 0 Å². The summed E-state index contributed by atoms with van der Waals surface area (Å²) in [5, 5.41) is 16.2. The zero-order valence-electron chi connectivity index (χ0n) is 10.9. The van der Waals surface area contributed by atoms with Crippen molar-refractivity contribution in [3.05, 3.63) is 40.7 Å². The van der Waals surface area contributed by atoms with Crippen LogP contribution in [0.25, 0.3) is 0 Å². The molecule has 0 saturated heterocycles. The smallest absolute Gasteiger partial charge is 0.226 e. The normalized spacial score (nSPS) is 13.4. The molecule has 0 aliphatic carbocycles.